The number of ether oxygens (including phenoxy) is 2. The average molecular weight is 347 g/mol. The Morgan fingerprint density at radius 1 is 1.04 bits per heavy atom. The Balaban J connectivity index is 0.00000192. The number of amides is 1. The maximum absolute atomic E-state index is 12.9. The van der Waals surface area contributed by atoms with Crippen LogP contribution < -0.4 is 5.32 Å². The normalized spacial score (nSPS) is 26.0. The van der Waals surface area contributed by atoms with E-state index in [1.807, 2.05) is 4.90 Å². The molecule has 0 atom stereocenters. The molecule has 134 valence electrons. The van der Waals surface area contributed by atoms with Gasteiger partial charge in [0.25, 0.3) is 5.91 Å². The molecule has 0 aromatic rings. The number of halogens is 1. The third kappa shape index (κ3) is 4.38. The fraction of sp³-hybridized carbons (Fsp3) is 0.941. The summed E-state index contributed by atoms with van der Waals surface area (Å²) in [5.74, 6) is 0.191. The van der Waals surface area contributed by atoms with Crippen molar-refractivity contribution in [3.05, 3.63) is 0 Å². The van der Waals surface area contributed by atoms with Gasteiger partial charge in [-0.25, -0.2) is 0 Å². The maximum Gasteiger partial charge on any atom is 0.254 e. The lowest BCUT2D eigenvalue weighted by Crippen LogP contribution is -2.57. The molecule has 23 heavy (non-hydrogen) atoms. The highest BCUT2D eigenvalue weighted by Gasteiger charge is 2.43. The van der Waals surface area contributed by atoms with Crippen LogP contribution in [0.2, 0.25) is 0 Å². The molecule has 0 radical (unpaired) electrons. The van der Waals surface area contributed by atoms with Crippen molar-refractivity contribution in [2.45, 2.75) is 69.2 Å². The van der Waals surface area contributed by atoms with Gasteiger partial charge in [0.05, 0.1) is 12.2 Å². The molecule has 3 rings (SSSR count). The van der Waals surface area contributed by atoms with E-state index in [0.29, 0.717) is 12.2 Å². The molecule has 6 heteroatoms. The van der Waals surface area contributed by atoms with Crippen molar-refractivity contribution in [3.63, 3.8) is 0 Å². The molecule has 0 aromatic carbocycles. The van der Waals surface area contributed by atoms with Gasteiger partial charge in [-0.1, -0.05) is 12.8 Å². The minimum atomic E-state index is -0.593. The highest BCUT2D eigenvalue weighted by molar-refractivity contribution is 5.86. The largest absolute Gasteiger partial charge is 0.375 e. The molecule has 1 aliphatic carbocycles. The van der Waals surface area contributed by atoms with Gasteiger partial charge in [-0.3, -0.25) is 4.79 Å². The Morgan fingerprint density at radius 2 is 1.61 bits per heavy atom. The van der Waals surface area contributed by atoms with Crippen LogP contribution >= 0.6 is 12.4 Å². The lowest BCUT2D eigenvalue weighted by atomic mass is 9.89. The molecule has 2 heterocycles. The Labute approximate surface area is 145 Å². The van der Waals surface area contributed by atoms with Crippen LogP contribution in [-0.4, -0.2) is 61.9 Å². The molecule has 1 N–H and O–H groups in total. The van der Waals surface area contributed by atoms with Crippen LogP contribution in [0.5, 0.6) is 0 Å². The Hall–Kier alpha value is -0.360. The molecule has 2 aliphatic heterocycles. The molecule has 2 saturated heterocycles. The standard InChI is InChI=1S/C17H30N2O3.ClH/c1-21-17(8-10-18-11-9-17)16(20)19-12-6-15(7-13-19)22-14-4-2-3-5-14;/h14-15,18H,2-13H2,1H3;1H. The molecule has 0 spiro atoms. The molecule has 1 saturated carbocycles. The molecule has 3 aliphatic rings. The molecule has 1 amide bonds. The van der Waals surface area contributed by atoms with Crippen LogP contribution in [0, 0.1) is 0 Å². The van der Waals surface area contributed by atoms with Gasteiger partial charge in [-0.15, -0.1) is 12.4 Å². The second-order valence-corrected chi connectivity index (χ2v) is 6.98. The number of carbonyl (C=O) groups is 1. The summed E-state index contributed by atoms with van der Waals surface area (Å²) in [5.41, 5.74) is -0.593. The van der Waals surface area contributed by atoms with Gasteiger partial charge >= 0.3 is 0 Å². The number of hydrogen-bond acceptors (Lipinski definition) is 4. The topological polar surface area (TPSA) is 50.8 Å². The number of methoxy groups -OCH3 is 1. The van der Waals surface area contributed by atoms with E-state index in [0.717, 1.165) is 51.9 Å². The van der Waals surface area contributed by atoms with Crippen LogP contribution in [0.4, 0.5) is 0 Å². The monoisotopic (exact) mass is 346 g/mol. The number of nitrogens with one attached hydrogen (secondary N) is 1. The van der Waals surface area contributed by atoms with Crippen LogP contribution in [0.1, 0.15) is 51.4 Å². The van der Waals surface area contributed by atoms with Crippen molar-refractivity contribution in [2.75, 3.05) is 33.3 Å². The summed E-state index contributed by atoms with van der Waals surface area (Å²) < 4.78 is 11.9. The van der Waals surface area contributed by atoms with Crippen LogP contribution in [0.15, 0.2) is 0 Å². The number of rotatable bonds is 4. The third-order valence-electron chi connectivity index (χ3n) is 5.61. The molecule has 0 unspecified atom stereocenters. The SMILES string of the molecule is COC1(C(=O)N2CCC(OC3CCCC3)CC2)CCNCC1.Cl. The summed E-state index contributed by atoms with van der Waals surface area (Å²) in [6.07, 6.45) is 9.39. The van der Waals surface area contributed by atoms with Gasteiger partial charge in [0, 0.05) is 20.2 Å². The van der Waals surface area contributed by atoms with Crippen molar-refractivity contribution in [1.82, 2.24) is 10.2 Å². The Kier molecular flexibility index (Phi) is 7.14. The van der Waals surface area contributed by atoms with Crippen molar-refractivity contribution < 1.29 is 14.3 Å². The minimum Gasteiger partial charge on any atom is -0.375 e. The quantitative estimate of drug-likeness (QED) is 0.847. The Bertz CT molecular complexity index is 374. The van der Waals surface area contributed by atoms with Gasteiger partial charge in [0.15, 0.2) is 0 Å². The first-order valence-corrected chi connectivity index (χ1v) is 8.94. The summed E-state index contributed by atoms with van der Waals surface area (Å²) in [6, 6.07) is 0. The fourth-order valence-electron chi connectivity index (χ4n) is 4.12. The summed E-state index contributed by atoms with van der Waals surface area (Å²) in [6.45, 7) is 3.35. The van der Waals surface area contributed by atoms with Crippen molar-refractivity contribution in [1.29, 1.82) is 0 Å². The number of likely N-dealkylation sites (tertiary alicyclic amines) is 1. The average Bonchev–Trinajstić information content (AvgIpc) is 3.08. The van der Waals surface area contributed by atoms with Crippen LogP contribution in [-0.2, 0) is 14.3 Å². The zero-order valence-electron chi connectivity index (χ0n) is 14.2. The first kappa shape index (κ1) is 19.0. The highest BCUT2D eigenvalue weighted by atomic mass is 35.5. The number of carbonyl (C=O) groups excluding carboxylic acids is 1. The van der Waals surface area contributed by atoms with Gasteiger partial charge in [-0.05, 0) is 51.6 Å². The molecule has 0 aromatic heterocycles. The van der Waals surface area contributed by atoms with Crippen molar-refractivity contribution >= 4 is 18.3 Å². The van der Waals surface area contributed by atoms with E-state index in [1.165, 1.54) is 25.7 Å². The fourth-order valence-corrected chi connectivity index (χ4v) is 4.12. The number of nitrogens with zero attached hydrogens (tertiary/aromatic N) is 1. The molecule has 0 bridgehead atoms. The summed E-state index contributed by atoms with van der Waals surface area (Å²) in [7, 11) is 1.68. The number of hydrogen-bond donors (Lipinski definition) is 1. The zero-order valence-corrected chi connectivity index (χ0v) is 15.0. The molecular weight excluding hydrogens is 316 g/mol. The van der Waals surface area contributed by atoms with E-state index in [-0.39, 0.29) is 18.3 Å². The van der Waals surface area contributed by atoms with E-state index in [1.54, 1.807) is 7.11 Å². The minimum absolute atomic E-state index is 0. The lowest BCUT2D eigenvalue weighted by Gasteiger charge is -2.41. The Morgan fingerprint density at radius 3 is 2.17 bits per heavy atom. The second kappa shape index (κ2) is 8.65. The zero-order chi connectivity index (χ0) is 15.4. The van der Waals surface area contributed by atoms with Gasteiger partial charge in [0.1, 0.15) is 5.60 Å². The predicted octanol–water partition coefficient (Wildman–Crippen LogP) is 2.13. The van der Waals surface area contributed by atoms with Crippen LogP contribution in [0.25, 0.3) is 0 Å². The lowest BCUT2D eigenvalue weighted by molar-refractivity contribution is -0.161. The van der Waals surface area contributed by atoms with E-state index < -0.39 is 5.60 Å². The van der Waals surface area contributed by atoms with E-state index >= 15 is 0 Å². The number of piperidine rings is 2. The summed E-state index contributed by atoms with van der Waals surface area (Å²) in [5, 5.41) is 3.31. The maximum atomic E-state index is 12.9. The van der Waals surface area contributed by atoms with Crippen molar-refractivity contribution in [2.24, 2.45) is 0 Å². The van der Waals surface area contributed by atoms with E-state index in [4.69, 9.17) is 9.47 Å². The highest BCUT2D eigenvalue weighted by Crippen LogP contribution is 2.29. The summed E-state index contributed by atoms with van der Waals surface area (Å²) in [4.78, 5) is 14.9. The summed E-state index contributed by atoms with van der Waals surface area (Å²) >= 11 is 0. The first-order chi connectivity index (χ1) is 10.7. The molecule has 5 nitrogen and oxygen atoms in total. The predicted molar refractivity (Wildman–Crippen MR) is 92.0 cm³/mol. The molecular formula is C17H31ClN2O3. The van der Waals surface area contributed by atoms with Gasteiger partial charge < -0.3 is 19.7 Å². The molecule has 3 fully saturated rings. The van der Waals surface area contributed by atoms with Gasteiger partial charge in [0.2, 0.25) is 0 Å². The van der Waals surface area contributed by atoms with Crippen LogP contribution in [0.3, 0.4) is 0 Å². The van der Waals surface area contributed by atoms with E-state index in [2.05, 4.69) is 5.32 Å². The van der Waals surface area contributed by atoms with Crippen molar-refractivity contribution in [3.8, 4) is 0 Å². The third-order valence-corrected chi connectivity index (χ3v) is 5.61. The second-order valence-electron chi connectivity index (χ2n) is 6.98. The van der Waals surface area contributed by atoms with Gasteiger partial charge in [-0.2, -0.15) is 0 Å². The smallest absolute Gasteiger partial charge is 0.254 e. The van der Waals surface area contributed by atoms with E-state index in [9.17, 15) is 4.79 Å². The first-order valence-electron chi connectivity index (χ1n) is 8.94.